The quantitative estimate of drug-likeness (QED) is 0.701. The van der Waals surface area contributed by atoms with Crippen molar-refractivity contribution in [3.8, 4) is 0 Å². The van der Waals surface area contributed by atoms with E-state index < -0.39 is 11.8 Å². The van der Waals surface area contributed by atoms with Crippen LogP contribution in [0, 0.1) is 0 Å². The second-order valence-corrected chi connectivity index (χ2v) is 3.77. The van der Waals surface area contributed by atoms with Crippen LogP contribution in [0.5, 0.6) is 0 Å². The van der Waals surface area contributed by atoms with Crippen LogP contribution in [0.2, 0.25) is 0 Å². The molecule has 1 aliphatic carbocycles. The summed E-state index contributed by atoms with van der Waals surface area (Å²) in [6.45, 7) is 1.27. The lowest BCUT2D eigenvalue weighted by Gasteiger charge is -2.30. The second-order valence-electron chi connectivity index (χ2n) is 3.77. The third-order valence-corrected chi connectivity index (χ3v) is 2.66. The molecule has 0 bridgehead atoms. The molecule has 15 heavy (non-hydrogen) atoms. The fraction of sp³-hybridized carbons (Fsp3) is 0.545. The minimum absolute atomic E-state index is 0.479. The predicted molar refractivity (Wildman–Crippen MR) is 53.3 cm³/mol. The molecule has 1 spiro atoms. The van der Waals surface area contributed by atoms with E-state index in [4.69, 9.17) is 14.6 Å². The fourth-order valence-corrected chi connectivity index (χ4v) is 2.00. The number of hydrogen-bond acceptors (Lipinski definition) is 3. The van der Waals surface area contributed by atoms with E-state index in [1.807, 2.05) is 6.08 Å². The average molecular weight is 210 g/mol. The number of hydrogen-bond donors (Lipinski definition) is 1. The third kappa shape index (κ3) is 2.46. The molecule has 0 atom stereocenters. The van der Waals surface area contributed by atoms with Crippen molar-refractivity contribution in [1.29, 1.82) is 0 Å². The predicted octanol–water partition coefficient (Wildman–Crippen LogP) is 1.48. The van der Waals surface area contributed by atoms with Gasteiger partial charge < -0.3 is 14.6 Å². The molecule has 2 rings (SSSR count). The van der Waals surface area contributed by atoms with Gasteiger partial charge in [0.2, 0.25) is 0 Å². The molecular formula is C11H14O4. The standard InChI is InChI=1S/C11H14O4/c12-10(13)4-3-9-2-1-5-11(8-9)14-6-7-15-11/h2-4H,1,5-8H2,(H,12,13). The average Bonchev–Trinajstić information content (AvgIpc) is 2.63. The summed E-state index contributed by atoms with van der Waals surface area (Å²) >= 11 is 0. The Bertz CT molecular complexity index is 311. The van der Waals surface area contributed by atoms with Crippen LogP contribution in [0.1, 0.15) is 19.3 Å². The van der Waals surface area contributed by atoms with E-state index in [-0.39, 0.29) is 0 Å². The van der Waals surface area contributed by atoms with Crippen LogP contribution in [0.15, 0.2) is 23.8 Å². The fourth-order valence-electron chi connectivity index (χ4n) is 2.00. The van der Waals surface area contributed by atoms with Crippen molar-refractivity contribution in [2.75, 3.05) is 13.2 Å². The van der Waals surface area contributed by atoms with Crippen molar-refractivity contribution in [1.82, 2.24) is 0 Å². The molecule has 1 saturated heterocycles. The van der Waals surface area contributed by atoms with Gasteiger partial charge in [-0.3, -0.25) is 0 Å². The molecule has 82 valence electrons. The molecule has 2 aliphatic rings. The summed E-state index contributed by atoms with van der Waals surface area (Å²) in [5, 5.41) is 8.52. The summed E-state index contributed by atoms with van der Waals surface area (Å²) in [4.78, 5) is 10.4. The van der Waals surface area contributed by atoms with E-state index in [1.54, 1.807) is 6.08 Å². The third-order valence-electron chi connectivity index (χ3n) is 2.66. The van der Waals surface area contributed by atoms with E-state index in [9.17, 15) is 4.79 Å². The van der Waals surface area contributed by atoms with E-state index in [1.165, 1.54) is 0 Å². The Morgan fingerprint density at radius 3 is 2.87 bits per heavy atom. The summed E-state index contributed by atoms with van der Waals surface area (Å²) in [7, 11) is 0. The van der Waals surface area contributed by atoms with Crippen molar-refractivity contribution in [3.05, 3.63) is 23.8 Å². The molecule has 1 N–H and O–H groups in total. The summed E-state index contributed by atoms with van der Waals surface area (Å²) in [5.41, 5.74) is 0.977. The Kier molecular flexibility index (Phi) is 2.88. The number of rotatable bonds is 2. The van der Waals surface area contributed by atoms with Gasteiger partial charge in [-0.25, -0.2) is 4.79 Å². The topological polar surface area (TPSA) is 55.8 Å². The zero-order chi connectivity index (χ0) is 10.7. The van der Waals surface area contributed by atoms with Gasteiger partial charge in [0.05, 0.1) is 13.2 Å². The lowest BCUT2D eigenvalue weighted by molar-refractivity contribution is -0.162. The first-order valence-electron chi connectivity index (χ1n) is 5.08. The lowest BCUT2D eigenvalue weighted by Crippen LogP contribution is -2.32. The van der Waals surface area contributed by atoms with E-state index in [0.29, 0.717) is 19.6 Å². The maximum Gasteiger partial charge on any atom is 0.328 e. The first kappa shape index (κ1) is 10.4. The van der Waals surface area contributed by atoms with Gasteiger partial charge in [-0.2, -0.15) is 0 Å². The first-order valence-corrected chi connectivity index (χ1v) is 5.08. The highest BCUT2D eigenvalue weighted by Gasteiger charge is 2.37. The largest absolute Gasteiger partial charge is 0.478 e. The smallest absolute Gasteiger partial charge is 0.328 e. The van der Waals surface area contributed by atoms with E-state index >= 15 is 0 Å². The Hall–Kier alpha value is -1.13. The molecule has 4 heteroatoms. The molecule has 0 amide bonds. The highest BCUT2D eigenvalue weighted by atomic mass is 16.7. The Balaban J connectivity index is 2.02. The highest BCUT2D eigenvalue weighted by Crippen LogP contribution is 2.35. The molecule has 1 aliphatic heterocycles. The van der Waals surface area contributed by atoms with Gasteiger partial charge in [0.15, 0.2) is 5.79 Å². The van der Waals surface area contributed by atoms with Crippen molar-refractivity contribution < 1.29 is 19.4 Å². The summed E-state index contributed by atoms with van der Waals surface area (Å²) in [6, 6.07) is 0. The van der Waals surface area contributed by atoms with Crippen molar-refractivity contribution in [2.24, 2.45) is 0 Å². The summed E-state index contributed by atoms with van der Waals surface area (Å²) < 4.78 is 11.1. The van der Waals surface area contributed by atoms with Crippen molar-refractivity contribution >= 4 is 5.97 Å². The molecule has 0 unspecified atom stereocenters. The van der Waals surface area contributed by atoms with Crippen molar-refractivity contribution in [2.45, 2.75) is 25.0 Å². The van der Waals surface area contributed by atoms with Gasteiger partial charge in [0, 0.05) is 18.9 Å². The van der Waals surface area contributed by atoms with Gasteiger partial charge >= 0.3 is 5.97 Å². The normalized spacial score (nSPS) is 24.7. The van der Waals surface area contributed by atoms with Gasteiger partial charge in [0.25, 0.3) is 0 Å². The van der Waals surface area contributed by atoms with Crippen LogP contribution in [0.25, 0.3) is 0 Å². The Morgan fingerprint density at radius 1 is 1.47 bits per heavy atom. The van der Waals surface area contributed by atoms with Gasteiger partial charge in [-0.15, -0.1) is 0 Å². The van der Waals surface area contributed by atoms with Crippen LogP contribution in [-0.2, 0) is 14.3 Å². The SMILES string of the molecule is O=C(O)C=CC1=CCCC2(C1)OCCO2. The first-order chi connectivity index (χ1) is 7.20. The maximum atomic E-state index is 10.4. The Labute approximate surface area is 88.2 Å². The number of ether oxygens (including phenoxy) is 2. The van der Waals surface area contributed by atoms with Crippen molar-refractivity contribution in [3.63, 3.8) is 0 Å². The molecule has 4 nitrogen and oxygen atoms in total. The van der Waals surface area contributed by atoms with Gasteiger partial charge in [-0.1, -0.05) is 12.2 Å². The number of carboxylic acid groups (broad SMARTS) is 1. The molecule has 1 heterocycles. The van der Waals surface area contributed by atoms with Crippen LogP contribution in [0.4, 0.5) is 0 Å². The minimum atomic E-state index is -0.927. The number of carbonyl (C=O) groups is 1. The monoisotopic (exact) mass is 210 g/mol. The Morgan fingerprint density at radius 2 is 2.20 bits per heavy atom. The number of carboxylic acids is 1. The molecule has 0 radical (unpaired) electrons. The zero-order valence-corrected chi connectivity index (χ0v) is 8.44. The molecule has 0 saturated carbocycles. The summed E-state index contributed by atoms with van der Waals surface area (Å²) in [6.07, 6.45) is 7.19. The molecule has 1 fully saturated rings. The molecule has 0 aromatic rings. The molecular weight excluding hydrogens is 196 g/mol. The zero-order valence-electron chi connectivity index (χ0n) is 8.44. The van der Waals surface area contributed by atoms with Crippen LogP contribution < -0.4 is 0 Å². The van der Waals surface area contributed by atoms with E-state index in [0.717, 1.165) is 24.5 Å². The minimum Gasteiger partial charge on any atom is -0.478 e. The number of aliphatic carboxylic acids is 1. The molecule has 0 aromatic carbocycles. The number of allylic oxidation sites excluding steroid dienone is 2. The highest BCUT2D eigenvalue weighted by molar-refractivity contribution is 5.80. The summed E-state index contributed by atoms with van der Waals surface area (Å²) in [5.74, 6) is -1.41. The molecule has 0 aromatic heterocycles. The van der Waals surface area contributed by atoms with Crippen LogP contribution in [-0.4, -0.2) is 30.1 Å². The van der Waals surface area contributed by atoms with Crippen LogP contribution in [0.3, 0.4) is 0 Å². The lowest BCUT2D eigenvalue weighted by atomic mass is 9.93. The maximum absolute atomic E-state index is 10.4. The van der Waals surface area contributed by atoms with Gasteiger partial charge in [0.1, 0.15) is 0 Å². The van der Waals surface area contributed by atoms with Gasteiger partial charge in [-0.05, 0) is 12.0 Å². The van der Waals surface area contributed by atoms with Crippen LogP contribution >= 0.6 is 0 Å². The second kappa shape index (κ2) is 4.16. The van der Waals surface area contributed by atoms with E-state index in [2.05, 4.69) is 0 Å².